The summed E-state index contributed by atoms with van der Waals surface area (Å²) in [6, 6.07) is 0. The molecule has 0 heterocycles. The number of amides is 1. The van der Waals surface area contributed by atoms with Gasteiger partial charge in [-0.2, -0.15) is 0 Å². The Labute approximate surface area is 79.7 Å². The summed E-state index contributed by atoms with van der Waals surface area (Å²) >= 11 is 0. The van der Waals surface area contributed by atoms with Crippen molar-refractivity contribution in [2.45, 2.75) is 32.1 Å². The highest BCUT2D eigenvalue weighted by atomic mass is 16.1. The fourth-order valence-corrected chi connectivity index (χ4v) is 1.55. The summed E-state index contributed by atoms with van der Waals surface area (Å²) in [5.74, 6) is -0.0728. The molecular formula is C11H17NO. The zero-order valence-corrected chi connectivity index (χ0v) is 8.01. The van der Waals surface area contributed by atoms with Crippen molar-refractivity contribution in [1.82, 2.24) is 5.32 Å². The lowest BCUT2D eigenvalue weighted by atomic mass is 9.97. The highest BCUT2D eigenvalue weighted by molar-refractivity contribution is 5.86. The Morgan fingerprint density at radius 2 is 2.46 bits per heavy atom. The molecule has 0 saturated carbocycles. The first-order valence-electron chi connectivity index (χ1n) is 4.91. The van der Waals surface area contributed by atoms with Crippen molar-refractivity contribution in [1.29, 1.82) is 0 Å². The molecule has 0 fully saturated rings. The summed E-state index contributed by atoms with van der Waals surface area (Å²) in [4.78, 5) is 10.8. The number of rotatable bonds is 4. The van der Waals surface area contributed by atoms with Gasteiger partial charge in [-0.15, -0.1) is 0 Å². The first-order valence-corrected chi connectivity index (χ1v) is 4.91. The molecule has 1 N–H and O–H groups in total. The molecule has 0 unspecified atom stereocenters. The van der Waals surface area contributed by atoms with E-state index in [4.69, 9.17) is 0 Å². The molecule has 0 aromatic rings. The van der Waals surface area contributed by atoms with Crippen LogP contribution in [-0.4, -0.2) is 12.5 Å². The maximum absolute atomic E-state index is 10.8. The average Bonchev–Trinajstić information content (AvgIpc) is 2.19. The van der Waals surface area contributed by atoms with Crippen molar-refractivity contribution >= 4 is 5.91 Å². The topological polar surface area (TPSA) is 29.1 Å². The molecule has 2 heteroatoms. The van der Waals surface area contributed by atoms with Gasteiger partial charge in [0.1, 0.15) is 0 Å². The zero-order chi connectivity index (χ0) is 9.52. The maximum Gasteiger partial charge on any atom is 0.243 e. The van der Waals surface area contributed by atoms with Crippen LogP contribution in [0.4, 0.5) is 0 Å². The molecule has 72 valence electrons. The van der Waals surface area contributed by atoms with E-state index >= 15 is 0 Å². The smallest absolute Gasteiger partial charge is 0.243 e. The number of hydrogen-bond acceptors (Lipinski definition) is 1. The molecule has 0 aromatic carbocycles. The van der Waals surface area contributed by atoms with E-state index in [9.17, 15) is 4.79 Å². The number of carbonyl (C=O) groups excluding carboxylic acids is 1. The average molecular weight is 179 g/mol. The van der Waals surface area contributed by atoms with Crippen molar-refractivity contribution < 1.29 is 4.79 Å². The van der Waals surface area contributed by atoms with Gasteiger partial charge in [0.2, 0.25) is 5.91 Å². The third-order valence-electron chi connectivity index (χ3n) is 2.32. The van der Waals surface area contributed by atoms with Gasteiger partial charge in [-0.1, -0.05) is 18.2 Å². The summed E-state index contributed by atoms with van der Waals surface area (Å²) < 4.78 is 0. The van der Waals surface area contributed by atoms with Crippen LogP contribution in [0.1, 0.15) is 32.1 Å². The minimum atomic E-state index is -0.0728. The van der Waals surface area contributed by atoms with Crippen LogP contribution in [0.5, 0.6) is 0 Å². The second-order valence-electron chi connectivity index (χ2n) is 3.35. The summed E-state index contributed by atoms with van der Waals surface area (Å²) in [6.45, 7) is 4.15. The Hall–Kier alpha value is -1.05. The normalized spacial score (nSPS) is 16.2. The lowest BCUT2D eigenvalue weighted by Crippen LogP contribution is -2.22. The van der Waals surface area contributed by atoms with Crippen molar-refractivity contribution in [3.05, 3.63) is 24.3 Å². The minimum absolute atomic E-state index is 0.0728. The Morgan fingerprint density at radius 1 is 1.62 bits per heavy atom. The van der Waals surface area contributed by atoms with Gasteiger partial charge < -0.3 is 5.32 Å². The quantitative estimate of drug-likeness (QED) is 0.520. The largest absolute Gasteiger partial charge is 0.352 e. The molecule has 2 nitrogen and oxygen atoms in total. The van der Waals surface area contributed by atoms with Crippen LogP contribution in [0.2, 0.25) is 0 Å². The molecule has 0 atom stereocenters. The molecule has 0 spiro atoms. The van der Waals surface area contributed by atoms with Crippen molar-refractivity contribution in [3.8, 4) is 0 Å². The standard InChI is InChI=1S/C11H17NO/c1-2-11(13)12-9-8-10-6-4-3-5-7-10/h2,6H,1,3-5,7-9H2,(H,12,13). The van der Waals surface area contributed by atoms with Gasteiger partial charge in [-0.25, -0.2) is 0 Å². The van der Waals surface area contributed by atoms with Gasteiger partial charge in [0.05, 0.1) is 0 Å². The van der Waals surface area contributed by atoms with E-state index in [1.165, 1.54) is 37.3 Å². The zero-order valence-electron chi connectivity index (χ0n) is 8.01. The van der Waals surface area contributed by atoms with Crippen molar-refractivity contribution in [3.63, 3.8) is 0 Å². The molecule has 0 aromatic heterocycles. The van der Waals surface area contributed by atoms with Gasteiger partial charge in [0.15, 0.2) is 0 Å². The molecule has 1 amide bonds. The van der Waals surface area contributed by atoms with Crippen LogP contribution >= 0.6 is 0 Å². The van der Waals surface area contributed by atoms with E-state index in [1.54, 1.807) is 0 Å². The lowest BCUT2D eigenvalue weighted by Gasteiger charge is -2.12. The Balaban J connectivity index is 2.14. The summed E-state index contributed by atoms with van der Waals surface area (Å²) in [7, 11) is 0. The third-order valence-corrected chi connectivity index (χ3v) is 2.32. The van der Waals surface area contributed by atoms with E-state index in [0.717, 1.165) is 13.0 Å². The van der Waals surface area contributed by atoms with Crippen LogP contribution < -0.4 is 5.32 Å². The third kappa shape index (κ3) is 3.92. The van der Waals surface area contributed by atoms with Crippen LogP contribution in [0, 0.1) is 0 Å². The molecule has 13 heavy (non-hydrogen) atoms. The van der Waals surface area contributed by atoms with Gasteiger partial charge in [-0.05, 0) is 38.2 Å². The summed E-state index contributed by atoms with van der Waals surface area (Å²) in [6.07, 6.45) is 9.68. The van der Waals surface area contributed by atoms with E-state index in [-0.39, 0.29) is 5.91 Å². The molecule has 0 bridgehead atoms. The van der Waals surface area contributed by atoms with Gasteiger partial charge in [-0.3, -0.25) is 4.79 Å². The monoisotopic (exact) mass is 179 g/mol. The Kier molecular flexibility index (Phi) is 4.30. The van der Waals surface area contributed by atoms with Crippen LogP contribution in [-0.2, 0) is 4.79 Å². The van der Waals surface area contributed by atoms with Gasteiger partial charge in [0.25, 0.3) is 0 Å². The SMILES string of the molecule is C=CC(=O)NCCC1=CCCCC1. The van der Waals surface area contributed by atoms with Crippen LogP contribution in [0.15, 0.2) is 24.3 Å². The fraction of sp³-hybridized carbons (Fsp3) is 0.545. The first-order chi connectivity index (χ1) is 6.33. The van der Waals surface area contributed by atoms with E-state index in [0.29, 0.717) is 0 Å². The predicted molar refractivity (Wildman–Crippen MR) is 54.4 cm³/mol. The summed E-state index contributed by atoms with van der Waals surface area (Å²) in [5, 5.41) is 2.78. The molecule has 0 saturated heterocycles. The van der Waals surface area contributed by atoms with Gasteiger partial charge in [0, 0.05) is 6.54 Å². The van der Waals surface area contributed by atoms with Gasteiger partial charge >= 0.3 is 0 Å². The van der Waals surface area contributed by atoms with Crippen LogP contribution in [0.25, 0.3) is 0 Å². The van der Waals surface area contributed by atoms with Crippen molar-refractivity contribution in [2.75, 3.05) is 6.54 Å². The molecule has 1 aliphatic rings. The number of carbonyl (C=O) groups is 1. The predicted octanol–water partition coefficient (Wildman–Crippen LogP) is 2.18. The Morgan fingerprint density at radius 3 is 3.08 bits per heavy atom. The maximum atomic E-state index is 10.8. The lowest BCUT2D eigenvalue weighted by molar-refractivity contribution is -0.116. The minimum Gasteiger partial charge on any atom is -0.352 e. The molecule has 1 rings (SSSR count). The number of allylic oxidation sites excluding steroid dienone is 1. The molecule has 0 aliphatic heterocycles. The van der Waals surface area contributed by atoms with E-state index in [2.05, 4.69) is 18.0 Å². The Bertz CT molecular complexity index is 218. The number of nitrogens with one attached hydrogen (secondary N) is 1. The summed E-state index contributed by atoms with van der Waals surface area (Å²) in [5.41, 5.74) is 1.50. The van der Waals surface area contributed by atoms with Crippen LogP contribution in [0.3, 0.4) is 0 Å². The van der Waals surface area contributed by atoms with E-state index < -0.39 is 0 Å². The molecule has 1 aliphatic carbocycles. The molecule has 0 radical (unpaired) electrons. The first kappa shape index (κ1) is 10.0. The highest BCUT2D eigenvalue weighted by Crippen LogP contribution is 2.19. The molecular weight excluding hydrogens is 162 g/mol. The highest BCUT2D eigenvalue weighted by Gasteiger charge is 2.03. The van der Waals surface area contributed by atoms with E-state index in [1.807, 2.05) is 0 Å². The second-order valence-corrected chi connectivity index (χ2v) is 3.35. The van der Waals surface area contributed by atoms with Crippen molar-refractivity contribution in [2.24, 2.45) is 0 Å². The fourth-order valence-electron chi connectivity index (χ4n) is 1.55. The second kappa shape index (κ2) is 5.57. The number of hydrogen-bond donors (Lipinski definition) is 1.